The van der Waals surface area contributed by atoms with Gasteiger partial charge in [-0.25, -0.2) is 4.39 Å². The first kappa shape index (κ1) is 9.21. The molecule has 0 aromatic heterocycles. The van der Waals surface area contributed by atoms with Crippen LogP contribution in [0.15, 0.2) is 22.2 Å². The highest BCUT2D eigenvalue weighted by molar-refractivity contribution is 8.16. The molecule has 5 heteroatoms. The normalized spacial score (nSPS) is 17.6. The third-order valence-corrected chi connectivity index (χ3v) is 3.17. The first-order chi connectivity index (χ1) is 6.63. The summed E-state index contributed by atoms with van der Waals surface area (Å²) in [7, 11) is 0. The van der Waals surface area contributed by atoms with E-state index in [2.05, 4.69) is 5.16 Å². The highest BCUT2D eigenvalue weighted by Gasteiger charge is 2.30. The minimum atomic E-state index is -0.450. The Kier molecular flexibility index (Phi) is 2.03. The van der Waals surface area contributed by atoms with Crippen LogP contribution >= 0.6 is 11.8 Å². The molecule has 72 valence electrons. The second kappa shape index (κ2) is 3.09. The molecule has 1 aliphatic heterocycles. The Balaban J connectivity index is 2.65. The molecule has 0 radical (unpaired) electrons. The number of fused-ring (bicyclic) bond motifs is 1. The third kappa shape index (κ3) is 1.21. The molecular weight excluding hydrogens is 205 g/mol. The highest BCUT2D eigenvalue weighted by Crippen LogP contribution is 2.36. The molecule has 0 fully saturated rings. The summed E-state index contributed by atoms with van der Waals surface area (Å²) in [5.41, 5.74) is 0.956. The Bertz CT molecular complexity index is 456. The molecule has 0 bridgehead atoms. The molecule has 1 heterocycles. The van der Waals surface area contributed by atoms with Gasteiger partial charge in [-0.1, -0.05) is 16.9 Å². The van der Waals surface area contributed by atoms with Crippen LogP contribution in [0.25, 0.3) is 0 Å². The Hall–Kier alpha value is -1.36. The van der Waals surface area contributed by atoms with E-state index in [1.807, 2.05) is 0 Å². The summed E-state index contributed by atoms with van der Waals surface area (Å²) in [6.45, 7) is 1.71. The van der Waals surface area contributed by atoms with E-state index in [1.165, 1.54) is 6.07 Å². The number of carbonyl (C=O) groups is 1. The van der Waals surface area contributed by atoms with Crippen molar-refractivity contribution in [1.29, 1.82) is 0 Å². The van der Waals surface area contributed by atoms with Gasteiger partial charge in [-0.2, -0.15) is 0 Å². The lowest BCUT2D eigenvalue weighted by atomic mass is 10.1. The molecule has 0 spiro atoms. The minimum Gasteiger partial charge on any atom is -0.410 e. The second-order valence-corrected chi connectivity index (χ2v) is 3.93. The van der Waals surface area contributed by atoms with Crippen LogP contribution in [0.1, 0.15) is 15.9 Å². The average Bonchev–Trinajstić information content (AvgIpc) is 2.44. The number of hydrogen-bond donors (Lipinski definition) is 1. The lowest BCUT2D eigenvalue weighted by molar-refractivity contribution is 0.106. The number of rotatable bonds is 0. The van der Waals surface area contributed by atoms with E-state index in [1.54, 1.807) is 6.92 Å². The van der Waals surface area contributed by atoms with Crippen LogP contribution in [-0.2, 0) is 0 Å². The Labute approximate surface area is 83.6 Å². The summed E-state index contributed by atoms with van der Waals surface area (Å²) in [6, 6.07) is 2.51. The van der Waals surface area contributed by atoms with Crippen molar-refractivity contribution in [1.82, 2.24) is 0 Å². The van der Waals surface area contributed by atoms with Crippen molar-refractivity contribution < 1.29 is 14.4 Å². The lowest BCUT2D eigenvalue weighted by Crippen LogP contribution is -2.03. The van der Waals surface area contributed by atoms with Crippen molar-refractivity contribution in [2.24, 2.45) is 5.16 Å². The predicted octanol–water partition coefficient (Wildman–Crippen LogP) is 2.21. The molecule has 1 aliphatic rings. The quantitative estimate of drug-likeness (QED) is 0.528. The first-order valence-corrected chi connectivity index (χ1v) is 4.70. The fourth-order valence-corrected chi connectivity index (χ4v) is 2.28. The number of nitrogens with zero attached hydrogens (tertiary/aromatic N) is 1. The Morgan fingerprint density at radius 1 is 1.50 bits per heavy atom. The van der Waals surface area contributed by atoms with Gasteiger partial charge >= 0.3 is 0 Å². The molecule has 0 amide bonds. The summed E-state index contributed by atoms with van der Waals surface area (Å²) >= 11 is 1.06. The van der Waals surface area contributed by atoms with E-state index in [4.69, 9.17) is 5.21 Å². The molecular formula is C9H6FNO2S. The van der Waals surface area contributed by atoms with E-state index in [0.29, 0.717) is 10.5 Å². The maximum atomic E-state index is 13.0. The van der Waals surface area contributed by atoms with Crippen LogP contribution in [0.5, 0.6) is 0 Å². The van der Waals surface area contributed by atoms with Gasteiger partial charge in [0.25, 0.3) is 0 Å². The summed E-state index contributed by atoms with van der Waals surface area (Å²) in [5, 5.41) is 11.4. The van der Waals surface area contributed by atoms with Gasteiger partial charge in [0.05, 0.1) is 0 Å². The Morgan fingerprint density at radius 2 is 2.21 bits per heavy atom. The topological polar surface area (TPSA) is 49.7 Å². The monoisotopic (exact) mass is 211 g/mol. The fourth-order valence-electron chi connectivity index (χ4n) is 1.36. The van der Waals surface area contributed by atoms with Crippen molar-refractivity contribution >= 4 is 22.6 Å². The molecule has 2 rings (SSSR count). The van der Waals surface area contributed by atoms with Gasteiger partial charge in [-0.05, 0) is 24.6 Å². The van der Waals surface area contributed by atoms with Crippen molar-refractivity contribution in [3.05, 3.63) is 29.1 Å². The molecule has 0 atom stereocenters. The van der Waals surface area contributed by atoms with Gasteiger partial charge in [0, 0.05) is 10.5 Å². The number of hydrogen-bond acceptors (Lipinski definition) is 4. The zero-order valence-electron chi connectivity index (χ0n) is 7.24. The smallest absolute Gasteiger partial charge is 0.222 e. The van der Waals surface area contributed by atoms with E-state index in [-0.39, 0.29) is 10.6 Å². The molecule has 0 saturated carbocycles. The van der Waals surface area contributed by atoms with E-state index < -0.39 is 11.6 Å². The molecule has 0 saturated heterocycles. The number of oxime groups is 1. The number of ketones is 1. The summed E-state index contributed by atoms with van der Waals surface area (Å²) in [6.07, 6.45) is 0. The molecule has 1 aromatic rings. The number of Topliss-reactive ketones (excluding diaryl/α,β-unsaturated/α-hetero) is 1. The van der Waals surface area contributed by atoms with Crippen molar-refractivity contribution in [2.45, 2.75) is 11.8 Å². The van der Waals surface area contributed by atoms with Gasteiger partial charge in [0.2, 0.25) is 5.78 Å². The number of halogens is 1. The van der Waals surface area contributed by atoms with Crippen LogP contribution in [0.2, 0.25) is 0 Å². The number of aryl methyl sites for hydroxylation is 1. The zero-order valence-corrected chi connectivity index (χ0v) is 8.06. The number of carbonyl (C=O) groups excluding carboxylic acids is 1. The maximum absolute atomic E-state index is 13.0. The molecule has 3 nitrogen and oxygen atoms in total. The predicted molar refractivity (Wildman–Crippen MR) is 50.5 cm³/mol. The fraction of sp³-hybridized carbons (Fsp3) is 0.111. The number of benzene rings is 1. The molecule has 14 heavy (non-hydrogen) atoms. The van der Waals surface area contributed by atoms with Crippen molar-refractivity contribution in [3.63, 3.8) is 0 Å². The summed E-state index contributed by atoms with van der Waals surface area (Å²) in [4.78, 5) is 12.1. The third-order valence-electron chi connectivity index (χ3n) is 1.97. The first-order valence-electron chi connectivity index (χ1n) is 3.88. The van der Waals surface area contributed by atoms with Gasteiger partial charge in [0.15, 0.2) is 5.04 Å². The summed E-state index contributed by atoms with van der Waals surface area (Å²) < 4.78 is 13.0. The maximum Gasteiger partial charge on any atom is 0.222 e. The average molecular weight is 211 g/mol. The summed E-state index contributed by atoms with van der Waals surface area (Å²) in [5.74, 6) is -0.871. The minimum absolute atomic E-state index is 0.00583. The standard InChI is InChI=1S/C9H6FNO2S/c1-4-2-5(10)3-6-7(12)9(11-13)14-8(4)6/h2-3,13H,1H3. The van der Waals surface area contributed by atoms with Gasteiger partial charge in [-0.15, -0.1) is 0 Å². The largest absolute Gasteiger partial charge is 0.410 e. The van der Waals surface area contributed by atoms with Crippen molar-refractivity contribution in [2.75, 3.05) is 0 Å². The van der Waals surface area contributed by atoms with Crippen LogP contribution in [0, 0.1) is 12.7 Å². The van der Waals surface area contributed by atoms with Gasteiger partial charge in [-0.3, -0.25) is 4.79 Å². The van der Waals surface area contributed by atoms with Gasteiger partial charge in [0.1, 0.15) is 5.82 Å². The van der Waals surface area contributed by atoms with Crippen LogP contribution in [-0.4, -0.2) is 16.0 Å². The van der Waals surface area contributed by atoms with Crippen LogP contribution in [0.4, 0.5) is 4.39 Å². The van der Waals surface area contributed by atoms with Crippen molar-refractivity contribution in [3.8, 4) is 0 Å². The van der Waals surface area contributed by atoms with Crippen LogP contribution < -0.4 is 0 Å². The molecule has 0 unspecified atom stereocenters. The zero-order chi connectivity index (χ0) is 10.3. The second-order valence-electron chi connectivity index (χ2n) is 2.94. The van der Waals surface area contributed by atoms with Gasteiger partial charge < -0.3 is 5.21 Å². The molecule has 1 N–H and O–H groups in total. The molecule has 1 aromatic carbocycles. The lowest BCUT2D eigenvalue weighted by Gasteiger charge is -1.99. The molecule has 0 aliphatic carbocycles. The SMILES string of the molecule is Cc1cc(F)cc2c1SC(=NO)C2=O. The Morgan fingerprint density at radius 3 is 2.86 bits per heavy atom. The number of thioether (sulfide) groups is 1. The van der Waals surface area contributed by atoms with Crippen LogP contribution in [0.3, 0.4) is 0 Å². The van der Waals surface area contributed by atoms with E-state index >= 15 is 0 Å². The highest BCUT2D eigenvalue weighted by atomic mass is 32.2. The van der Waals surface area contributed by atoms with E-state index in [0.717, 1.165) is 17.8 Å². The van der Waals surface area contributed by atoms with E-state index in [9.17, 15) is 9.18 Å².